The lowest BCUT2D eigenvalue weighted by atomic mass is 10.1. The van der Waals surface area contributed by atoms with Crippen LogP contribution in [0.1, 0.15) is 16.1 Å². The Bertz CT molecular complexity index is 793. The fourth-order valence-corrected chi connectivity index (χ4v) is 2.17. The lowest BCUT2D eigenvalue weighted by Crippen LogP contribution is -2.08. The highest BCUT2D eigenvalue weighted by molar-refractivity contribution is 6.33. The normalized spacial score (nSPS) is 11.3. The number of carbonyl (C=O) groups excluding carboxylic acids is 1. The van der Waals surface area contributed by atoms with Gasteiger partial charge in [0.2, 0.25) is 0 Å². The van der Waals surface area contributed by atoms with Crippen molar-refractivity contribution in [2.45, 2.75) is 6.18 Å². The van der Waals surface area contributed by atoms with E-state index in [0.29, 0.717) is 6.07 Å². The van der Waals surface area contributed by atoms with Gasteiger partial charge in [0.05, 0.1) is 24.8 Å². The van der Waals surface area contributed by atoms with Crippen LogP contribution in [0.2, 0.25) is 5.02 Å². The molecule has 9 heteroatoms. The van der Waals surface area contributed by atoms with Crippen molar-refractivity contribution < 1.29 is 31.8 Å². The van der Waals surface area contributed by atoms with Crippen LogP contribution in [0.3, 0.4) is 0 Å². The van der Waals surface area contributed by atoms with E-state index in [1.54, 1.807) is 0 Å². The second-order valence-electron chi connectivity index (χ2n) is 4.55. The van der Waals surface area contributed by atoms with Gasteiger partial charge >= 0.3 is 12.1 Å². The number of hydrogen-bond donors (Lipinski definition) is 0. The van der Waals surface area contributed by atoms with Crippen molar-refractivity contribution in [3.8, 4) is 17.0 Å². The van der Waals surface area contributed by atoms with Gasteiger partial charge in [-0.2, -0.15) is 13.2 Å². The Balaban J connectivity index is 2.65. The number of alkyl halides is 3. The molecule has 0 aliphatic carbocycles. The van der Waals surface area contributed by atoms with Gasteiger partial charge in [0.1, 0.15) is 11.4 Å². The first-order valence-electron chi connectivity index (χ1n) is 6.39. The second-order valence-corrected chi connectivity index (χ2v) is 4.96. The van der Waals surface area contributed by atoms with Gasteiger partial charge in [-0.25, -0.2) is 14.2 Å². The van der Waals surface area contributed by atoms with Crippen molar-refractivity contribution in [2.24, 2.45) is 0 Å². The number of halogens is 5. The van der Waals surface area contributed by atoms with Gasteiger partial charge in [-0.1, -0.05) is 11.6 Å². The van der Waals surface area contributed by atoms with Gasteiger partial charge in [-0.15, -0.1) is 0 Å². The Hall–Kier alpha value is -2.35. The molecule has 0 bridgehead atoms. The minimum Gasteiger partial charge on any atom is -0.496 e. The summed E-state index contributed by atoms with van der Waals surface area (Å²) in [6.45, 7) is 0. The molecule has 0 unspecified atom stereocenters. The first-order chi connectivity index (χ1) is 11.2. The van der Waals surface area contributed by atoms with E-state index < -0.39 is 23.5 Å². The molecule has 0 atom stereocenters. The second kappa shape index (κ2) is 6.64. The van der Waals surface area contributed by atoms with Crippen LogP contribution in [0.5, 0.6) is 5.75 Å². The third-order valence-electron chi connectivity index (χ3n) is 3.09. The van der Waals surface area contributed by atoms with Gasteiger partial charge in [-0.05, 0) is 24.3 Å². The monoisotopic (exact) mass is 363 g/mol. The Morgan fingerprint density at radius 2 is 1.88 bits per heavy atom. The van der Waals surface area contributed by atoms with Crippen LogP contribution in [0.15, 0.2) is 24.3 Å². The molecule has 1 heterocycles. The summed E-state index contributed by atoms with van der Waals surface area (Å²) < 4.78 is 61.8. The summed E-state index contributed by atoms with van der Waals surface area (Å²) in [5.74, 6) is -2.09. The molecule has 0 aliphatic heterocycles. The van der Waals surface area contributed by atoms with E-state index in [-0.39, 0.29) is 27.7 Å². The van der Waals surface area contributed by atoms with E-state index >= 15 is 0 Å². The quantitative estimate of drug-likeness (QED) is 0.600. The van der Waals surface area contributed by atoms with Crippen molar-refractivity contribution in [3.63, 3.8) is 0 Å². The molecule has 0 fully saturated rings. The standard InChI is InChI=1S/C15H10ClF4NO3/c1-23-11-5-7(15(18,19)20)3-4-8(11)12-10(17)6-9(16)13(21-12)14(22)24-2/h3-6H,1-2H3. The molecular formula is C15H10ClF4NO3. The fourth-order valence-electron chi connectivity index (χ4n) is 1.96. The highest BCUT2D eigenvalue weighted by atomic mass is 35.5. The smallest absolute Gasteiger partial charge is 0.416 e. The number of benzene rings is 1. The van der Waals surface area contributed by atoms with E-state index in [1.807, 2.05) is 0 Å². The molecule has 0 saturated heterocycles. The van der Waals surface area contributed by atoms with E-state index in [2.05, 4.69) is 9.72 Å². The number of rotatable bonds is 3. The molecule has 0 radical (unpaired) electrons. The third-order valence-corrected chi connectivity index (χ3v) is 3.38. The summed E-state index contributed by atoms with van der Waals surface area (Å²) in [5, 5.41) is -0.283. The topological polar surface area (TPSA) is 48.4 Å². The van der Waals surface area contributed by atoms with E-state index in [1.165, 1.54) is 0 Å². The summed E-state index contributed by atoms with van der Waals surface area (Å²) in [6.07, 6.45) is -4.59. The van der Waals surface area contributed by atoms with Gasteiger partial charge in [0.25, 0.3) is 0 Å². The molecule has 0 amide bonds. The summed E-state index contributed by atoms with van der Waals surface area (Å²) in [7, 11) is 2.22. The van der Waals surface area contributed by atoms with Crippen molar-refractivity contribution >= 4 is 17.6 Å². The molecule has 2 aromatic rings. The minimum atomic E-state index is -4.59. The Morgan fingerprint density at radius 1 is 1.21 bits per heavy atom. The van der Waals surface area contributed by atoms with Crippen molar-refractivity contribution in [1.29, 1.82) is 0 Å². The molecule has 0 spiro atoms. The first-order valence-corrected chi connectivity index (χ1v) is 6.76. The van der Waals surface area contributed by atoms with E-state index in [0.717, 1.165) is 32.4 Å². The number of pyridine rings is 1. The molecule has 2 rings (SSSR count). The maximum Gasteiger partial charge on any atom is 0.416 e. The molecule has 0 aliphatic rings. The zero-order valence-electron chi connectivity index (χ0n) is 12.4. The number of esters is 1. The maximum absolute atomic E-state index is 14.2. The Kier molecular flexibility index (Phi) is 4.98. The van der Waals surface area contributed by atoms with Crippen LogP contribution in [-0.2, 0) is 10.9 Å². The van der Waals surface area contributed by atoms with Gasteiger partial charge in [-0.3, -0.25) is 0 Å². The number of ether oxygens (including phenoxy) is 2. The zero-order valence-corrected chi connectivity index (χ0v) is 13.1. The highest BCUT2D eigenvalue weighted by Crippen LogP contribution is 2.37. The zero-order chi connectivity index (χ0) is 18.1. The molecule has 24 heavy (non-hydrogen) atoms. The Morgan fingerprint density at radius 3 is 2.42 bits per heavy atom. The molecular weight excluding hydrogens is 354 g/mol. The van der Waals surface area contributed by atoms with E-state index in [9.17, 15) is 22.4 Å². The van der Waals surface area contributed by atoms with Crippen molar-refractivity contribution in [2.75, 3.05) is 14.2 Å². The van der Waals surface area contributed by atoms with Gasteiger partial charge in [0, 0.05) is 5.56 Å². The Labute approximate surface area is 139 Å². The van der Waals surface area contributed by atoms with Crippen molar-refractivity contribution in [1.82, 2.24) is 4.98 Å². The fraction of sp³-hybridized carbons (Fsp3) is 0.200. The summed E-state index contributed by atoms with van der Waals surface area (Å²) >= 11 is 5.74. The van der Waals surface area contributed by atoms with Crippen molar-refractivity contribution in [3.05, 3.63) is 46.4 Å². The molecule has 1 aromatic heterocycles. The average Bonchev–Trinajstić information content (AvgIpc) is 2.53. The van der Waals surface area contributed by atoms with Gasteiger partial charge < -0.3 is 9.47 Å². The minimum absolute atomic E-state index is 0.0650. The van der Waals surface area contributed by atoms with Crippen LogP contribution in [0, 0.1) is 5.82 Å². The lowest BCUT2D eigenvalue weighted by molar-refractivity contribution is -0.137. The highest BCUT2D eigenvalue weighted by Gasteiger charge is 2.32. The molecule has 128 valence electrons. The summed E-state index contributed by atoms with van der Waals surface area (Å²) in [5.41, 5.74) is -1.78. The lowest BCUT2D eigenvalue weighted by Gasteiger charge is -2.13. The summed E-state index contributed by atoms with van der Waals surface area (Å²) in [4.78, 5) is 15.4. The number of carbonyl (C=O) groups is 1. The molecule has 0 N–H and O–H groups in total. The third kappa shape index (κ3) is 3.43. The predicted molar refractivity (Wildman–Crippen MR) is 77.5 cm³/mol. The van der Waals surface area contributed by atoms with Crippen LogP contribution in [0.25, 0.3) is 11.3 Å². The predicted octanol–water partition coefficient (Wildman–Crippen LogP) is 4.36. The average molecular weight is 364 g/mol. The number of aromatic nitrogens is 1. The first kappa shape index (κ1) is 18.0. The molecule has 4 nitrogen and oxygen atoms in total. The van der Waals surface area contributed by atoms with Gasteiger partial charge in [0.15, 0.2) is 11.5 Å². The summed E-state index contributed by atoms with van der Waals surface area (Å²) in [6, 6.07) is 3.30. The largest absolute Gasteiger partial charge is 0.496 e. The number of methoxy groups -OCH3 is 2. The molecule has 0 saturated carbocycles. The SMILES string of the molecule is COC(=O)c1nc(-c2ccc(C(F)(F)F)cc2OC)c(F)cc1Cl. The number of nitrogens with zero attached hydrogens (tertiary/aromatic N) is 1. The van der Waals surface area contributed by atoms with Crippen LogP contribution < -0.4 is 4.74 Å². The van der Waals surface area contributed by atoms with Crippen LogP contribution in [0.4, 0.5) is 17.6 Å². The van der Waals surface area contributed by atoms with E-state index in [4.69, 9.17) is 16.3 Å². The van der Waals surface area contributed by atoms with Crippen LogP contribution in [-0.4, -0.2) is 25.2 Å². The van der Waals surface area contributed by atoms with Crippen LogP contribution >= 0.6 is 11.6 Å². The maximum atomic E-state index is 14.2. The molecule has 1 aromatic carbocycles. The number of hydrogen-bond acceptors (Lipinski definition) is 4.